The molecule has 4 rings (SSSR count). The van der Waals surface area contributed by atoms with Gasteiger partial charge in [-0.15, -0.1) is 11.8 Å². The molecule has 0 bridgehead atoms. The molecule has 4 nitrogen and oxygen atoms in total. The number of sulfonamides is 1. The Hall–Kier alpha value is -1.47. The maximum atomic E-state index is 13.5. The number of carbonyl (C=O) groups is 1. The molecular formula is C22H21Cl2NO3S2. The molecule has 1 fully saturated rings. The van der Waals surface area contributed by atoms with Crippen LogP contribution in [0.15, 0.2) is 65.2 Å². The van der Waals surface area contributed by atoms with Crippen LogP contribution in [0.5, 0.6) is 0 Å². The number of hydrogen-bond acceptors (Lipinski definition) is 4. The van der Waals surface area contributed by atoms with E-state index >= 15 is 0 Å². The van der Waals surface area contributed by atoms with E-state index in [0.29, 0.717) is 10.9 Å². The highest BCUT2D eigenvalue weighted by molar-refractivity contribution is 8.00. The minimum atomic E-state index is -4.16. The molecule has 2 atom stereocenters. The second-order valence-electron chi connectivity index (χ2n) is 7.77. The third kappa shape index (κ3) is 3.38. The topological polar surface area (TPSA) is 54.5 Å². The Balaban J connectivity index is 1.91. The van der Waals surface area contributed by atoms with Crippen LogP contribution in [-0.4, -0.2) is 28.2 Å². The zero-order chi connectivity index (χ0) is 21.8. The van der Waals surface area contributed by atoms with Gasteiger partial charge < -0.3 is 0 Å². The molecule has 1 aliphatic carbocycles. The molecule has 2 unspecified atom stereocenters. The summed E-state index contributed by atoms with van der Waals surface area (Å²) < 4.78 is 25.9. The first-order valence-corrected chi connectivity index (χ1v) is 12.7. The Morgan fingerprint density at radius 3 is 2.23 bits per heavy atom. The van der Waals surface area contributed by atoms with Gasteiger partial charge >= 0.3 is 0 Å². The van der Waals surface area contributed by atoms with Crippen molar-refractivity contribution in [1.29, 1.82) is 0 Å². The Kier molecular flexibility index (Phi) is 5.50. The van der Waals surface area contributed by atoms with Gasteiger partial charge in [0, 0.05) is 5.70 Å². The molecule has 2 aromatic rings. The van der Waals surface area contributed by atoms with Crippen molar-refractivity contribution in [3.05, 3.63) is 77.0 Å². The van der Waals surface area contributed by atoms with Crippen LogP contribution in [0.3, 0.4) is 0 Å². The van der Waals surface area contributed by atoms with Gasteiger partial charge in [0.05, 0.1) is 16.1 Å². The van der Waals surface area contributed by atoms with Gasteiger partial charge in [-0.2, -0.15) is 0 Å². The summed E-state index contributed by atoms with van der Waals surface area (Å²) in [5.74, 6) is -1.60. The van der Waals surface area contributed by atoms with Crippen LogP contribution in [0.2, 0.25) is 0 Å². The van der Waals surface area contributed by atoms with Crippen LogP contribution >= 0.6 is 35.0 Å². The van der Waals surface area contributed by atoms with E-state index in [2.05, 4.69) is 13.8 Å². The molecule has 0 N–H and O–H groups in total. The highest BCUT2D eigenvalue weighted by atomic mass is 35.5. The zero-order valence-corrected chi connectivity index (χ0v) is 19.8. The van der Waals surface area contributed by atoms with Gasteiger partial charge in [-0.3, -0.25) is 4.79 Å². The quantitative estimate of drug-likeness (QED) is 0.536. The number of benzene rings is 2. The number of nitrogens with zero attached hydrogens (tertiary/aromatic N) is 1. The lowest BCUT2D eigenvalue weighted by Gasteiger charge is -2.31. The smallest absolute Gasteiger partial charge is 0.270 e. The molecule has 0 spiro atoms. The Morgan fingerprint density at radius 2 is 1.63 bits per heavy atom. The first-order valence-electron chi connectivity index (χ1n) is 9.55. The van der Waals surface area contributed by atoms with Crippen molar-refractivity contribution < 1.29 is 13.2 Å². The maximum absolute atomic E-state index is 13.5. The molecular weight excluding hydrogens is 461 g/mol. The van der Waals surface area contributed by atoms with Gasteiger partial charge in [0.15, 0.2) is 0 Å². The number of hydrogen-bond donors (Lipinski definition) is 0. The normalized spacial score (nSPS) is 22.7. The average Bonchev–Trinajstić information content (AvgIpc) is 2.88. The highest BCUT2D eigenvalue weighted by Gasteiger charge is 2.61. The largest absolute Gasteiger partial charge is 0.278 e. The molecule has 0 saturated carbocycles. The first-order chi connectivity index (χ1) is 14.0. The van der Waals surface area contributed by atoms with Crippen LogP contribution in [0, 0.1) is 6.92 Å². The summed E-state index contributed by atoms with van der Waals surface area (Å²) in [4.78, 5) is 13.3. The van der Waals surface area contributed by atoms with Crippen molar-refractivity contribution in [2.75, 3.05) is 0 Å². The van der Waals surface area contributed by atoms with Crippen molar-refractivity contribution in [1.82, 2.24) is 4.31 Å². The third-order valence-corrected chi connectivity index (χ3v) is 8.99. The molecule has 2 aliphatic rings. The minimum Gasteiger partial charge on any atom is -0.270 e. The van der Waals surface area contributed by atoms with Crippen molar-refractivity contribution in [3.63, 3.8) is 0 Å². The molecule has 1 saturated heterocycles. The monoisotopic (exact) mass is 481 g/mol. The Morgan fingerprint density at radius 1 is 1.03 bits per heavy atom. The lowest BCUT2D eigenvalue weighted by molar-refractivity contribution is -0.123. The summed E-state index contributed by atoms with van der Waals surface area (Å²) in [5.41, 5.74) is 3.02. The van der Waals surface area contributed by atoms with E-state index in [4.69, 9.17) is 23.2 Å². The van der Waals surface area contributed by atoms with Crippen LogP contribution in [0.1, 0.15) is 41.7 Å². The number of fused-ring (bicyclic) bond motifs is 3. The number of allylic oxidation sites excluding steroid dienone is 1. The molecule has 0 radical (unpaired) electrons. The molecule has 1 aliphatic heterocycles. The van der Waals surface area contributed by atoms with Gasteiger partial charge in [-0.25, -0.2) is 12.7 Å². The van der Waals surface area contributed by atoms with Crippen molar-refractivity contribution >= 4 is 50.9 Å². The van der Waals surface area contributed by atoms with Gasteiger partial charge in [-0.1, -0.05) is 79.0 Å². The number of carbonyl (C=O) groups excluding carboxylic acids is 1. The maximum Gasteiger partial charge on any atom is 0.278 e. The van der Waals surface area contributed by atoms with E-state index in [0.717, 1.165) is 21.0 Å². The number of thioether (sulfide) groups is 1. The fourth-order valence-corrected chi connectivity index (χ4v) is 7.34. The summed E-state index contributed by atoms with van der Waals surface area (Å²) in [7, 11) is -4.16. The zero-order valence-electron chi connectivity index (χ0n) is 16.7. The fraction of sp³-hybridized carbons (Fsp3) is 0.318. The number of halogens is 2. The summed E-state index contributed by atoms with van der Waals surface area (Å²) in [5, 5.41) is 0.186. The second-order valence-corrected chi connectivity index (χ2v) is 12.7. The Bertz CT molecular complexity index is 1140. The SMILES string of the molecule is Cc1ccc(S(=O)(=O)N2C(=O)C(Cl)(Cl)C3C2=CC(SC(C)C)c2ccccc23)cc1. The van der Waals surface area contributed by atoms with Gasteiger partial charge in [0.25, 0.3) is 15.9 Å². The van der Waals surface area contributed by atoms with Gasteiger partial charge in [0.2, 0.25) is 4.33 Å². The van der Waals surface area contributed by atoms with E-state index in [9.17, 15) is 13.2 Å². The number of alkyl halides is 2. The van der Waals surface area contributed by atoms with E-state index in [1.807, 2.05) is 37.3 Å². The predicted octanol–water partition coefficient (Wildman–Crippen LogP) is 5.56. The molecule has 1 amide bonds. The average molecular weight is 482 g/mol. The number of rotatable bonds is 4. The first kappa shape index (κ1) is 21.8. The molecule has 1 heterocycles. The van der Waals surface area contributed by atoms with Crippen molar-refractivity contribution in [3.8, 4) is 0 Å². The minimum absolute atomic E-state index is 0.0269. The Labute approximate surface area is 191 Å². The second kappa shape index (κ2) is 7.59. The lowest BCUT2D eigenvalue weighted by Crippen LogP contribution is -2.36. The van der Waals surface area contributed by atoms with E-state index < -0.39 is 26.2 Å². The fourth-order valence-electron chi connectivity index (χ4n) is 3.94. The summed E-state index contributed by atoms with van der Waals surface area (Å²) >= 11 is 14.8. The lowest BCUT2D eigenvalue weighted by atomic mass is 9.84. The van der Waals surface area contributed by atoms with Crippen LogP contribution < -0.4 is 0 Å². The van der Waals surface area contributed by atoms with E-state index in [-0.39, 0.29) is 10.1 Å². The molecule has 0 aromatic heterocycles. The third-order valence-electron chi connectivity index (χ3n) is 5.28. The molecule has 158 valence electrons. The van der Waals surface area contributed by atoms with Crippen molar-refractivity contribution in [2.45, 2.75) is 46.4 Å². The number of aryl methyl sites for hydroxylation is 1. The predicted molar refractivity (Wildman–Crippen MR) is 122 cm³/mol. The number of amides is 1. The molecule has 2 aromatic carbocycles. The van der Waals surface area contributed by atoms with Crippen molar-refractivity contribution in [2.24, 2.45) is 0 Å². The van der Waals surface area contributed by atoms with E-state index in [1.54, 1.807) is 23.9 Å². The van der Waals surface area contributed by atoms with E-state index in [1.165, 1.54) is 12.1 Å². The summed E-state index contributed by atoms with van der Waals surface area (Å²) in [6, 6.07) is 14.0. The van der Waals surface area contributed by atoms with Gasteiger partial charge in [0.1, 0.15) is 0 Å². The molecule has 30 heavy (non-hydrogen) atoms. The van der Waals surface area contributed by atoms with Crippen LogP contribution in [0.4, 0.5) is 0 Å². The standard InChI is InChI=1S/C22H21Cl2NO3S2/c1-13(2)29-19-12-18-20(17-7-5-4-6-16(17)19)22(23,24)21(26)25(18)30(27,28)15-10-8-14(3)9-11-15/h4-13,19-20H,1-3H3. The van der Waals surface area contributed by atoms with Gasteiger partial charge in [-0.05, 0) is 41.5 Å². The summed E-state index contributed by atoms with van der Waals surface area (Å²) in [6.45, 7) is 6.02. The van der Waals surface area contributed by atoms with Crippen LogP contribution in [0.25, 0.3) is 0 Å². The summed E-state index contributed by atoms with van der Waals surface area (Å²) in [6.07, 6.45) is 1.83. The van der Waals surface area contributed by atoms with Crippen LogP contribution in [-0.2, 0) is 14.8 Å². The highest BCUT2D eigenvalue weighted by Crippen LogP contribution is 2.58. The molecule has 8 heteroatoms.